The number of nitrogens with one attached hydrogen (secondary N) is 1. The molecular formula is C14H20ClN5O3S. The Balaban J connectivity index is 1.86. The van der Waals surface area contributed by atoms with Crippen LogP contribution >= 0.6 is 11.6 Å². The van der Waals surface area contributed by atoms with E-state index < -0.39 is 10.0 Å². The fourth-order valence-electron chi connectivity index (χ4n) is 2.91. The Morgan fingerprint density at radius 3 is 2.83 bits per heavy atom. The van der Waals surface area contributed by atoms with Crippen molar-refractivity contribution in [1.29, 1.82) is 0 Å². The smallest absolute Gasteiger partial charge is 0.245 e. The summed E-state index contributed by atoms with van der Waals surface area (Å²) in [7, 11) is -2.19. The van der Waals surface area contributed by atoms with Crippen LogP contribution in [0.2, 0.25) is 5.15 Å². The lowest BCUT2D eigenvalue weighted by Gasteiger charge is -2.18. The minimum absolute atomic E-state index is 0.0153. The topological polar surface area (TPSA) is 91.0 Å². The zero-order valence-corrected chi connectivity index (χ0v) is 15.3. The van der Waals surface area contributed by atoms with Crippen molar-refractivity contribution >= 4 is 21.6 Å². The second-order valence-corrected chi connectivity index (χ2v) is 7.77. The molecule has 8 nitrogen and oxygen atoms in total. The third kappa shape index (κ3) is 3.08. The van der Waals surface area contributed by atoms with Crippen LogP contribution in [-0.2, 0) is 28.4 Å². The highest BCUT2D eigenvalue weighted by Gasteiger charge is 2.36. The Bertz CT molecular complexity index is 845. The zero-order valence-electron chi connectivity index (χ0n) is 13.7. The summed E-state index contributed by atoms with van der Waals surface area (Å²) < 4.78 is 37.1. The molecule has 2 aromatic rings. The number of aryl methyl sites for hydroxylation is 3. The number of nitrogens with zero attached hydrogens (tertiary/aromatic N) is 4. The van der Waals surface area contributed by atoms with Gasteiger partial charge in [0.25, 0.3) is 0 Å². The van der Waals surface area contributed by atoms with Crippen LogP contribution in [0.15, 0.2) is 17.3 Å². The maximum atomic E-state index is 12.8. The molecule has 0 spiro atoms. The predicted molar refractivity (Wildman–Crippen MR) is 88.3 cm³/mol. The fourth-order valence-corrected chi connectivity index (χ4v) is 4.93. The molecule has 0 radical (unpaired) electrons. The molecule has 10 heteroatoms. The van der Waals surface area contributed by atoms with E-state index in [1.54, 1.807) is 24.9 Å². The Labute approximate surface area is 145 Å². The third-order valence-corrected chi connectivity index (χ3v) is 6.26. The Kier molecular flexibility index (Phi) is 4.69. The lowest BCUT2D eigenvalue weighted by atomic mass is 10.1. The Morgan fingerprint density at radius 2 is 2.25 bits per heavy atom. The molecule has 1 aliphatic heterocycles. The molecule has 0 saturated carbocycles. The summed E-state index contributed by atoms with van der Waals surface area (Å²) in [6, 6.07) is -0.375. The average molecular weight is 374 g/mol. The maximum absolute atomic E-state index is 12.8. The Morgan fingerprint density at radius 1 is 1.50 bits per heavy atom. The van der Waals surface area contributed by atoms with Crippen molar-refractivity contribution in [2.24, 2.45) is 7.05 Å². The first-order valence-corrected chi connectivity index (χ1v) is 9.55. The van der Waals surface area contributed by atoms with Crippen LogP contribution in [-0.4, -0.2) is 40.6 Å². The highest BCUT2D eigenvalue weighted by molar-refractivity contribution is 7.89. The first kappa shape index (κ1) is 17.4. The summed E-state index contributed by atoms with van der Waals surface area (Å²) in [5.74, 6) is 0. The van der Waals surface area contributed by atoms with Gasteiger partial charge in [-0.2, -0.15) is 10.2 Å². The van der Waals surface area contributed by atoms with Gasteiger partial charge in [0, 0.05) is 32.0 Å². The van der Waals surface area contributed by atoms with Crippen LogP contribution in [0.1, 0.15) is 30.7 Å². The molecule has 1 fully saturated rings. The normalized spacial score (nSPS) is 21.5. The minimum Gasteiger partial charge on any atom is -0.372 e. The van der Waals surface area contributed by atoms with E-state index in [-0.39, 0.29) is 22.2 Å². The number of sulfonamides is 1. The van der Waals surface area contributed by atoms with E-state index in [0.717, 1.165) is 12.1 Å². The van der Waals surface area contributed by atoms with Gasteiger partial charge in [0.1, 0.15) is 16.2 Å². The highest BCUT2D eigenvalue weighted by atomic mass is 35.5. The summed E-state index contributed by atoms with van der Waals surface area (Å²) in [6.45, 7) is 4.83. The highest BCUT2D eigenvalue weighted by Crippen LogP contribution is 2.31. The van der Waals surface area contributed by atoms with E-state index >= 15 is 0 Å². The van der Waals surface area contributed by atoms with E-state index in [9.17, 15) is 8.42 Å². The SMILES string of the molecule is CCn1cc([C@H]2OCC[C@@H]2NS(=O)(=O)c2c(C)nn(C)c2Cl)cn1. The van der Waals surface area contributed by atoms with Crippen molar-refractivity contribution in [2.75, 3.05) is 6.61 Å². The van der Waals surface area contributed by atoms with E-state index in [0.29, 0.717) is 18.7 Å². The van der Waals surface area contributed by atoms with Gasteiger partial charge in [0.2, 0.25) is 10.0 Å². The van der Waals surface area contributed by atoms with Gasteiger partial charge in [-0.1, -0.05) is 11.6 Å². The summed E-state index contributed by atoms with van der Waals surface area (Å²) in [6.07, 6.45) is 3.80. The average Bonchev–Trinajstić information content (AvgIpc) is 3.19. The van der Waals surface area contributed by atoms with E-state index in [2.05, 4.69) is 14.9 Å². The molecule has 2 atom stereocenters. The van der Waals surface area contributed by atoms with E-state index in [1.165, 1.54) is 4.68 Å². The van der Waals surface area contributed by atoms with Gasteiger partial charge in [-0.05, 0) is 20.3 Å². The zero-order chi connectivity index (χ0) is 17.5. The molecule has 1 aliphatic rings. The van der Waals surface area contributed by atoms with Crippen molar-refractivity contribution in [3.63, 3.8) is 0 Å². The molecule has 0 unspecified atom stereocenters. The van der Waals surface area contributed by atoms with Gasteiger partial charge < -0.3 is 4.74 Å². The molecule has 0 aromatic carbocycles. The molecular weight excluding hydrogens is 354 g/mol. The number of ether oxygens (including phenoxy) is 1. The van der Waals surface area contributed by atoms with E-state index in [4.69, 9.17) is 16.3 Å². The van der Waals surface area contributed by atoms with Crippen LogP contribution < -0.4 is 4.72 Å². The number of aromatic nitrogens is 4. The lowest BCUT2D eigenvalue weighted by Crippen LogP contribution is -2.37. The van der Waals surface area contributed by atoms with Crippen molar-refractivity contribution in [3.05, 3.63) is 28.8 Å². The van der Waals surface area contributed by atoms with Gasteiger partial charge in [0.15, 0.2) is 0 Å². The molecule has 0 aliphatic carbocycles. The molecule has 2 aromatic heterocycles. The molecule has 1 saturated heterocycles. The largest absolute Gasteiger partial charge is 0.372 e. The van der Waals surface area contributed by atoms with Gasteiger partial charge >= 0.3 is 0 Å². The summed E-state index contributed by atoms with van der Waals surface area (Å²) in [5, 5.41) is 8.38. The molecule has 0 bridgehead atoms. The summed E-state index contributed by atoms with van der Waals surface area (Å²) in [4.78, 5) is 0.0153. The number of halogens is 1. The van der Waals surface area contributed by atoms with Crippen molar-refractivity contribution in [2.45, 2.75) is 43.9 Å². The molecule has 24 heavy (non-hydrogen) atoms. The molecule has 0 amide bonds. The molecule has 3 heterocycles. The Hall–Kier alpha value is -1.42. The fraction of sp³-hybridized carbons (Fsp3) is 0.571. The number of rotatable bonds is 5. The second-order valence-electron chi connectivity index (χ2n) is 5.77. The van der Waals surface area contributed by atoms with Crippen LogP contribution in [0.3, 0.4) is 0 Å². The standard InChI is InChI=1S/C14H20ClN5O3S/c1-4-20-8-10(7-16-20)12-11(5-6-23-12)18-24(21,22)13-9(2)17-19(3)14(13)15/h7-8,11-12,18H,4-6H2,1-3H3/t11-,12+/m0/s1. The van der Waals surface area contributed by atoms with Crippen molar-refractivity contribution in [3.8, 4) is 0 Å². The van der Waals surface area contributed by atoms with Gasteiger partial charge in [-0.3, -0.25) is 9.36 Å². The van der Waals surface area contributed by atoms with Crippen molar-refractivity contribution < 1.29 is 13.2 Å². The van der Waals surface area contributed by atoms with Crippen LogP contribution in [0, 0.1) is 6.92 Å². The van der Waals surface area contributed by atoms with Gasteiger partial charge in [-0.25, -0.2) is 13.1 Å². The van der Waals surface area contributed by atoms with Crippen LogP contribution in [0.5, 0.6) is 0 Å². The van der Waals surface area contributed by atoms with Gasteiger partial charge in [0.05, 0.1) is 17.9 Å². The minimum atomic E-state index is -3.80. The monoisotopic (exact) mass is 373 g/mol. The second kappa shape index (κ2) is 6.47. The lowest BCUT2D eigenvalue weighted by molar-refractivity contribution is 0.102. The van der Waals surface area contributed by atoms with Gasteiger partial charge in [-0.15, -0.1) is 0 Å². The molecule has 1 N–H and O–H groups in total. The summed E-state index contributed by atoms with van der Waals surface area (Å²) >= 11 is 6.10. The van der Waals surface area contributed by atoms with Crippen molar-refractivity contribution in [1.82, 2.24) is 24.3 Å². The molecule has 3 rings (SSSR count). The first-order valence-electron chi connectivity index (χ1n) is 7.69. The first-order chi connectivity index (χ1) is 11.3. The summed E-state index contributed by atoms with van der Waals surface area (Å²) in [5.41, 5.74) is 1.22. The molecule has 132 valence electrons. The third-order valence-electron chi connectivity index (χ3n) is 4.07. The predicted octanol–water partition coefficient (Wildman–Crippen LogP) is 1.41. The maximum Gasteiger partial charge on any atom is 0.245 e. The van der Waals surface area contributed by atoms with Crippen LogP contribution in [0.4, 0.5) is 0 Å². The van der Waals surface area contributed by atoms with E-state index in [1.807, 2.05) is 13.1 Å². The quantitative estimate of drug-likeness (QED) is 0.855. The number of hydrogen-bond acceptors (Lipinski definition) is 5. The van der Waals surface area contributed by atoms with Crippen LogP contribution in [0.25, 0.3) is 0 Å². The number of hydrogen-bond donors (Lipinski definition) is 1.